The molecule has 2 heteroatoms. The first-order chi connectivity index (χ1) is 6.86. The summed E-state index contributed by atoms with van der Waals surface area (Å²) in [6, 6.07) is 8.37. The van der Waals surface area contributed by atoms with E-state index in [0.29, 0.717) is 12.5 Å². The van der Waals surface area contributed by atoms with Gasteiger partial charge in [0, 0.05) is 6.42 Å². The number of hydrogen-bond donors (Lipinski definition) is 0. The molecule has 0 bridgehead atoms. The number of nitrogens with zero attached hydrogens (tertiary/aromatic N) is 1. The molecule has 0 N–H and O–H groups in total. The molecule has 1 unspecified atom stereocenters. The second-order valence-electron chi connectivity index (χ2n) is 3.79. The highest BCUT2D eigenvalue weighted by Gasteiger charge is 2.33. The van der Waals surface area contributed by atoms with Gasteiger partial charge in [-0.3, -0.25) is 4.79 Å². The van der Waals surface area contributed by atoms with E-state index in [1.807, 2.05) is 29.2 Å². The Morgan fingerprint density at radius 1 is 1.29 bits per heavy atom. The van der Waals surface area contributed by atoms with Crippen LogP contribution in [0.1, 0.15) is 18.4 Å². The number of amides is 1. The monoisotopic (exact) mass is 185 g/mol. The molecule has 1 atom stereocenters. The van der Waals surface area contributed by atoms with E-state index in [9.17, 15) is 4.79 Å². The number of hydrogen-bond acceptors (Lipinski definition) is 1. The molecule has 2 aliphatic rings. The van der Waals surface area contributed by atoms with E-state index in [1.54, 1.807) is 0 Å². The van der Waals surface area contributed by atoms with Crippen molar-refractivity contribution < 1.29 is 4.79 Å². The Hall–Kier alpha value is -1.57. The Morgan fingerprint density at radius 3 is 3.07 bits per heavy atom. The number of fused-ring (bicyclic) bond motifs is 3. The minimum Gasteiger partial charge on any atom is -0.305 e. The number of rotatable bonds is 0. The maximum atomic E-state index is 11.7. The molecule has 2 aliphatic heterocycles. The third-order valence-corrected chi connectivity index (χ3v) is 2.95. The predicted octanol–water partition coefficient (Wildman–Crippen LogP) is 2.21. The van der Waals surface area contributed by atoms with E-state index in [-0.39, 0.29) is 5.91 Å². The lowest BCUT2D eigenvalue weighted by Crippen LogP contribution is -2.33. The normalized spacial score (nSPS) is 23.6. The fourth-order valence-electron chi connectivity index (χ4n) is 2.26. The van der Waals surface area contributed by atoms with Gasteiger partial charge < -0.3 is 4.90 Å². The third kappa shape index (κ3) is 0.939. The fourth-order valence-corrected chi connectivity index (χ4v) is 2.26. The lowest BCUT2D eigenvalue weighted by molar-refractivity contribution is -0.117. The van der Waals surface area contributed by atoms with Gasteiger partial charge in [-0.25, -0.2) is 0 Å². The smallest absolute Gasteiger partial charge is 0.227 e. The second kappa shape index (κ2) is 2.71. The predicted molar refractivity (Wildman–Crippen MR) is 56.0 cm³/mol. The first-order valence-corrected chi connectivity index (χ1v) is 4.95. The molecule has 70 valence electrons. The average Bonchev–Trinajstić information content (AvgIpc) is 2.61. The molecule has 2 nitrogen and oxygen atoms in total. The number of benzene rings is 1. The van der Waals surface area contributed by atoms with Gasteiger partial charge in [-0.05, 0) is 18.1 Å². The Morgan fingerprint density at radius 2 is 2.14 bits per heavy atom. The molecule has 3 rings (SSSR count). The van der Waals surface area contributed by atoms with Crippen molar-refractivity contribution in [3.63, 3.8) is 0 Å². The summed E-state index contributed by atoms with van der Waals surface area (Å²) in [5.41, 5.74) is 2.22. The van der Waals surface area contributed by atoms with Crippen LogP contribution >= 0.6 is 0 Å². The van der Waals surface area contributed by atoms with Gasteiger partial charge >= 0.3 is 0 Å². The van der Waals surface area contributed by atoms with Crippen LogP contribution in [0.25, 0.3) is 6.08 Å². The van der Waals surface area contributed by atoms with Crippen molar-refractivity contribution in [3.8, 4) is 0 Å². The number of anilines is 1. The van der Waals surface area contributed by atoms with Crippen molar-refractivity contribution in [2.24, 2.45) is 0 Å². The van der Waals surface area contributed by atoms with E-state index in [4.69, 9.17) is 0 Å². The zero-order valence-electron chi connectivity index (χ0n) is 7.81. The van der Waals surface area contributed by atoms with Crippen molar-refractivity contribution >= 4 is 17.7 Å². The summed E-state index contributed by atoms with van der Waals surface area (Å²) in [5.74, 6) is 0.256. The van der Waals surface area contributed by atoms with Crippen LogP contribution in [-0.4, -0.2) is 11.9 Å². The molecule has 0 aliphatic carbocycles. The number of para-hydroxylation sites is 1. The molecular formula is C12H11NO. The molecule has 1 aromatic carbocycles. The van der Waals surface area contributed by atoms with Crippen molar-refractivity contribution in [1.82, 2.24) is 0 Å². The molecule has 0 saturated carbocycles. The second-order valence-corrected chi connectivity index (χ2v) is 3.79. The van der Waals surface area contributed by atoms with Crippen LogP contribution in [0, 0.1) is 0 Å². The third-order valence-electron chi connectivity index (χ3n) is 2.95. The summed E-state index contributed by atoms with van der Waals surface area (Å²) in [6.07, 6.45) is 5.90. The van der Waals surface area contributed by atoms with Crippen molar-refractivity contribution in [3.05, 3.63) is 35.9 Å². The SMILES string of the molecule is O=C1CCC2C=Cc3ccccc3N12. The van der Waals surface area contributed by atoms with E-state index in [0.717, 1.165) is 17.7 Å². The number of carbonyl (C=O) groups is 1. The Labute approximate surface area is 82.8 Å². The van der Waals surface area contributed by atoms with Crippen LogP contribution in [0.5, 0.6) is 0 Å². The van der Waals surface area contributed by atoms with Gasteiger partial charge in [0.15, 0.2) is 0 Å². The molecule has 1 aromatic rings. The fraction of sp³-hybridized carbons (Fsp3) is 0.250. The van der Waals surface area contributed by atoms with Crippen molar-refractivity contribution in [1.29, 1.82) is 0 Å². The van der Waals surface area contributed by atoms with Gasteiger partial charge in [0.1, 0.15) is 0 Å². The summed E-state index contributed by atoms with van der Waals surface area (Å²) < 4.78 is 0. The van der Waals surface area contributed by atoms with E-state index < -0.39 is 0 Å². The summed E-state index contributed by atoms with van der Waals surface area (Å²) in [7, 11) is 0. The van der Waals surface area contributed by atoms with Crippen LogP contribution in [0.15, 0.2) is 30.3 Å². The van der Waals surface area contributed by atoms with Gasteiger partial charge in [-0.15, -0.1) is 0 Å². The van der Waals surface area contributed by atoms with Gasteiger partial charge in [0.25, 0.3) is 0 Å². The highest BCUT2D eigenvalue weighted by Crippen LogP contribution is 2.34. The summed E-state index contributed by atoms with van der Waals surface area (Å²) in [6.45, 7) is 0. The minimum absolute atomic E-state index is 0.256. The molecule has 1 amide bonds. The average molecular weight is 185 g/mol. The summed E-state index contributed by atoms with van der Waals surface area (Å²) in [5, 5.41) is 0. The molecule has 14 heavy (non-hydrogen) atoms. The molecule has 0 aromatic heterocycles. The maximum absolute atomic E-state index is 11.7. The van der Waals surface area contributed by atoms with Crippen LogP contribution in [0.4, 0.5) is 5.69 Å². The van der Waals surface area contributed by atoms with Gasteiger partial charge in [0.05, 0.1) is 11.7 Å². The number of carbonyl (C=O) groups excluding carboxylic acids is 1. The Kier molecular flexibility index (Phi) is 1.51. The molecule has 2 heterocycles. The standard InChI is InChI=1S/C12H11NO/c14-12-8-7-10-6-5-9-3-1-2-4-11(9)13(10)12/h1-6,10H,7-8H2. The van der Waals surface area contributed by atoms with Crippen LogP contribution in [0.3, 0.4) is 0 Å². The molecule has 0 radical (unpaired) electrons. The van der Waals surface area contributed by atoms with Crippen LogP contribution < -0.4 is 4.90 Å². The van der Waals surface area contributed by atoms with Gasteiger partial charge in [-0.1, -0.05) is 30.4 Å². The largest absolute Gasteiger partial charge is 0.305 e. The lowest BCUT2D eigenvalue weighted by atomic mass is 10.0. The maximum Gasteiger partial charge on any atom is 0.227 e. The molecule has 0 spiro atoms. The zero-order chi connectivity index (χ0) is 9.54. The highest BCUT2D eigenvalue weighted by molar-refractivity contribution is 6.00. The Balaban J connectivity index is 2.17. The Bertz CT molecular complexity index is 422. The molecule has 1 saturated heterocycles. The lowest BCUT2D eigenvalue weighted by Gasteiger charge is -2.27. The zero-order valence-corrected chi connectivity index (χ0v) is 7.81. The first-order valence-electron chi connectivity index (χ1n) is 4.95. The van der Waals surface area contributed by atoms with E-state index in [1.165, 1.54) is 0 Å². The van der Waals surface area contributed by atoms with Crippen molar-refractivity contribution in [2.75, 3.05) is 4.90 Å². The summed E-state index contributed by atoms with van der Waals surface area (Å²) >= 11 is 0. The van der Waals surface area contributed by atoms with E-state index >= 15 is 0 Å². The van der Waals surface area contributed by atoms with Gasteiger partial charge in [-0.2, -0.15) is 0 Å². The summed E-state index contributed by atoms with van der Waals surface area (Å²) in [4.78, 5) is 13.6. The quantitative estimate of drug-likeness (QED) is 0.606. The van der Waals surface area contributed by atoms with Gasteiger partial charge in [0.2, 0.25) is 5.91 Å². The molecular weight excluding hydrogens is 174 g/mol. The highest BCUT2D eigenvalue weighted by atomic mass is 16.2. The first kappa shape index (κ1) is 7.80. The van der Waals surface area contributed by atoms with Crippen molar-refractivity contribution in [2.45, 2.75) is 18.9 Å². The molecule has 1 fully saturated rings. The van der Waals surface area contributed by atoms with Crippen LogP contribution in [-0.2, 0) is 4.79 Å². The van der Waals surface area contributed by atoms with E-state index in [2.05, 4.69) is 12.2 Å². The van der Waals surface area contributed by atoms with Crippen LogP contribution in [0.2, 0.25) is 0 Å². The topological polar surface area (TPSA) is 20.3 Å². The minimum atomic E-state index is 0.256.